The average Bonchev–Trinajstić information content (AvgIpc) is 3.31. The quantitative estimate of drug-likeness (QED) is 0.630. The highest BCUT2D eigenvalue weighted by Crippen LogP contribution is 2.37. The predicted octanol–water partition coefficient (Wildman–Crippen LogP) is 4.10. The summed E-state index contributed by atoms with van der Waals surface area (Å²) in [6, 6.07) is 11.4. The normalized spacial score (nSPS) is 19.8. The molecule has 26 heavy (non-hydrogen) atoms. The number of rotatable bonds is 5. The van der Waals surface area contributed by atoms with Gasteiger partial charge in [0, 0.05) is 41.2 Å². The minimum atomic E-state index is -0.321. The van der Waals surface area contributed by atoms with E-state index in [1.165, 1.54) is 4.88 Å². The van der Waals surface area contributed by atoms with E-state index < -0.39 is 0 Å². The van der Waals surface area contributed by atoms with Gasteiger partial charge in [-0.05, 0) is 31.0 Å². The third-order valence-corrected chi connectivity index (χ3v) is 6.27. The number of benzene rings is 1. The Kier molecular flexibility index (Phi) is 5.04. The van der Waals surface area contributed by atoms with Gasteiger partial charge in [0.25, 0.3) is 5.69 Å². The maximum absolute atomic E-state index is 11.2. The van der Waals surface area contributed by atoms with E-state index in [-0.39, 0.29) is 16.4 Å². The van der Waals surface area contributed by atoms with Gasteiger partial charge in [-0.2, -0.15) is 0 Å². The second-order valence-corrected chi connectivity index (χ2v) is 7.97. The van der Waals surface area contributed by atoms with Crippen LogP contribution in [0.4, 0.5) is 5.69 Å². The van der Waals surface area contributed by atoms with Crippen LogP contribution >= 0.6 is 11.3 Å². The molecule has 2 heterocycles. The molecule has 2 fully saturated rings. The summed E-state index contributed by atoms with van der Waals surface area (Å²) in [4.78, 5) is 13.0. The van der Waals surface area contributed by atoms with Crippen molar-refractivity contribution in [2.75, 3.05) is 13.2 Å². The Balaban J connectivity index is 1.35. The highest BCUT2D eigenvalue weighted by molar-refractivity contribution is 7.15. The van der Waals surface area contributed by atoms with E-state index in [0.29, 0.717) is 24.8 Å². The number of ether oxygens (including phenoxy) is 2. The van der Waals surface area contributed by atoms with Crippen LogP contribution in [0.1, 0.15) is 30.6 Å². The summed E-state index contributed by atoms with van der Waals surface area (Å²) in [5.74, 6) is -0.319. The lowest BCUT2D eigenvalue weighted by Gasteiger charge is -2.35. The van der Waals surface area contributed by atoms with E-state index in [4.69, 9.17) is 9.47 Å². The van der Waals surface area contributed by atoms with Gasteiger partial charge in [-0.15, -0.1) is 11.3 Å². The molecule has 0 unspecified atom stereocenters. The second-order valence-electron chi connectivity index (χ2n) is 6.80. The van der Waals surface area contributed by atoms with Crippen molar-refractivity contribution in [1.29, 1.82) is 0 Å². The highest BCUT2D eigenvalue weighted by atomic mass is 32.1. The van der Waals surface area contributed by atoms with Crippen LogP contribution in [0.2, 0.25) is 0 Å². The van der Waals surface area contributed by atoms with E-state index in [2.05, 4.69) is 11.4 Å². The standard InChI is InChI=1S/C19H22N2O4S/c22-21(23)17-4-2-1-3-16(17)18-6-5-15(26-18)13-20-14-7-9-19(10-8-14)24-11-12-25-19/h1-6,14,20H,7-13H2. The minimum absolute atomic E-state index is 0.156. The highest BCUT2D eigenvalue weighted by Gasteiger charge is 2.40. The molecule has 1 aliphatic heterocycles. The first-order chi connectivity index (χ1) is 12.7. The topological polar surface area (TPSA) is 73.6 Å². The number of nitrogens with zero attached hydrogens (tertiary/aromatic N) is 1. The van der Waals surface area contributed by atoms with Crippen molar-refractivity contribution in [1.82, 2.24) is 5.32 Å². The summed E-state index contributed by atoms with van der Waals surface area (Å²) in [7, 11) is 0. The van der Waals surface area contributed by atoms with Crippen molar-refractivity contribution in [3.63, 3.8) is 0 Å². The summed E-state index contributed by atoms with van der Waals surface area (Å²) in [6.45, 7) is 2.20. The number of hydrogen-bond acceptors (Lipinski definition) is 6. The number of nitro groups is 1. The molecule has 0 amide bonds. The van der Waals surface area contributed by atoms with Crippen molar-refractivity contribution < 1.29 is 14.4 Å². The van der Waals surface area contributed by atoms with E-state index in [1.807, 2.05) is 18.2 Å². The Morgan fingerprint density at radius 3 is 2.62 bits per heavy atom. The van der Waals surface area contributed by atoms with Crippen LogP contribution in [0.3, 0.4) is 0 Å². The molecule has 1 aromatic carbocycles. The van der Waals surface area contributed by atoms with Crippen LogP contribution in [0, 0.1) is 10.1 Å². The van der Waals surface area contributed by atoms with Gasteiger partial charge in [-0.25, -0.2) is 0 Å². The Morgan fingerprint density at radius 1 is 1.15 bits per heavy atom. The van der Waals surface area contributed by atoms with E-state index >= 15 is 0 Å². The molecule has 2 aromatic rings. The minimum Gasteiger partial charge on any atom is -0.348 e. The number of nitrogens with one attached hydrogen (secondary N) is 1. The Hall–Kier alpha value is -1.80. The Bertz CT molecular complexity index is 775. The van der Waals surface area contributed by atoms with Crippen LogP contribution in [0.25, 0.3) is 10.4 Å². The number of nitro benzene ring substituents is 1. The summed E-state index contributed by atoms with van der Waals surface area (Å²) in [5, 5.41) is 14.8. The van der Waals surface area contributed by atoms with Crippen molar-refractivity contribution in [3.8, 4) is 10.4 Å². The molecule has 1 saturated carbocycles. The van der Waals surface area contributed by atoms with Gasteiger partial charge < -0.3 is 14.8 Å². The third-order valence-electron chi connectivity index (χ3n) is 5.15. The first-order valence-electron chi connectivity index (χ1n) is 8.99. The average molecular weight is 374 g/mol. The zero-order valence-corrected chi connectivity index (χ0v) is 15.3. The Morgan fingerprint density at radius 2 is 1.88 bits per heavy atom. The largest absolute Gasteiger partial charge is 0.348 e. The van der Waals surface area contributed by atoms with Crippen molar-refractivity contribution >= 4 is 17.0 Å². The second kappa shape index (κ2) is 7.44. The zero-order chi connectivity index (χ0) is 18.0. The lowest BCUT2D eigenvalue weighted by atomic mass is 9.90. The van der Waals surface area contributed by atoms with E-state index in [9.17, 15) is 10.1 Å². The maximum atomic E-state index is 11.2. The smallest absolute Gasteiger partial charge is 0.278 e. The molecule has 1 aromatic heterocycles. The Labute approximate surface area is 156 Å². The van der Waals surface area contributed by atoms with E-state index in [0.717, 1.165) is 37.1 Å². The van der Waals surface area contributed by atoms with Crippen molar-refractivity contribution in [2.45, 2.75) is 44.1 Å². The van der Waals surface area contributed by atoms with Gasteiger partial charge in [0.15, 0.2) is 5.79 Å². The molecule has 0 radical (unpaired) electrons. The molecular formula is C19H22N2O4S. The molecule has 1 spiro atoms. The molecule has 1 N–H and O–H groups in total. The maximum Gasteiger partial charge on any atom is 0.278 e. The predicted molar refractivity (Wildman–Crippen MR) is 100 cm³/mol. The van der Waals surface area contributed by atoms with Gasteiger partial charge in [-0.3, -0.25) is 10.1 Å². The molecular weight excluding hydrogens is 352 g/mol. The zero-order valence-electron chi connectivity index (χ0n) is 14.5. The first kappa shape index (κ1) is 17.6. The molecule has 0 atom stereocenters. The van der Waals surface area contributed by atoms with Gasteiger partial charge in [-0.1, -0.05) is 12.1 Å². The number of hydrogen-bond donors (Lipinski definition) is 1. The molecule has 7 heteroatoms. The van der Waals surface area contributed by atoms with Gasteiger partial charge in [0.1, 0.15) is 0 Å². The van der Waals surface area contributed by atoms with Crippen LogP contribution in [-0.4, -0.2) is 30.0 Å². The van der Waals surface area contributed by atoms with Gasteiger partial charge in [0.05, 0.1) is 23.7 Å². The molecule has 1 aliphatic carbocycles. The van der Waals surface area contributed by atoms with Gasteiger partial charge >= 0.3 is 0 Å². The number of thiophene rings is 1. The summed E-state index contributed by atoms with van der Waals surface area (Å²) in [6.07, 6.45) is 3.97. The molecule has 0 bridgehead atoms. The van der Waals surface area contributed by atoms with Crippen molar-refractivity contribution in [2.24, 2.45) is 0 Å². The third kappa shape index (κ3) is 3.66. The van der Waals surface area contributed by atoms with Crippen LogP contribution in [0.15, 0.2) is 36.4 Å². The lowest BCUT2D eigenvalue weighted by molar-refractivity contribution is -0.384. The number of para-hydroxylation sites is 1. The fraction of sp³-hybridized carbons (Fsp3) is 0.474. The lowest BCUT2D eigenvalue weighted by Crippen LogP contribution is -2.41. The fourth-order valence-corrected chi connectivity index (χ4v) is 4.74. The SMILES string of the molecule is O=[N+]([O-])c1ccccc1-c1ccc(CNC2CCC3(CC2)OCCO3)s1. The summed E-state index contributed by atoms with van der Waals surface area (Å²) < 4.78 is 11.5. The van der Waals surface area contributed by atoms with Gasteiger partial charge in [0.2, 0.25) is 0 Å². The summed E-state index contributed by atoms with van der Waals surface area (Å²) in [5.41, 5.74) is 0.840. The molecule has 6 nitrogen and oxygen atoms in total. The molecule has 2 aliphatic rings. The monoisotopic (exact) mass is 374 g/mol. The van der Waals surface area contributed by atoms with E-state index in [1.54, 1.807) is 23.5 Å². The van der Waals surface area contributed by atoms with Crippen LogP contribution < -0.4 is 5.32 Å². The fourth-order valence-electron chi connectivity index (χ4n) is 3.75. The summed E-state index contributed by atoms with van der Waals surface area (Å²) >= 11 is 1.61. The van der Waals surface area contributed by atoms with Crippen LogP contribution in [-0.2, 0) is 16.0 Å². The van der Waals surface area contributed by atoms with Crippen molar-refractivity contribution in [3.05, 3.63) is 51.4 Å². The van der Waals surface area contributed by atoms with Crippen LogP contribution in [0.5, 0.6) is 0 Å². The first-order valence-corrected chi connectivity index (χ1v) is 9.81. The molecule has 4 rings (SSSR count). The molecule has 1 saturated heterocycles. The molecule has 138 valence electrons.